The van der Waals surface area contributed by atoms with E-state index in [9.17, 15) is 4.79 Å². The number of hydrogen-bond acceptors (Lipinski definition) is 9. The van der Waals surface area contributed by atoms with Gasteiger partial charge in [0.15, 0.2) is 0 Å². The average molecular weight is 346 g/mol. The van der Waals surface area contributed by atoms with Crippen LogP contribution in [0.3, 0.4) is 0 Å². The summed E-state index contributed by atoms with van der Waals surface area (Å²) in [6.07, 6.45) is 13.4. The van der Waals surface area contributed by atoms with Gasteiger partial charge in [-0.05, 0) is 0 Å². The van der Waals surface area contributed by atoms with Gasteiger partial charge < -0.3 is 0 Å². The lowest BCUT2D eigenvalue weighted by molar-refractivity contribution is 0.100. The molecule has 4 aromatic rings. The van der Waals surface area contributed by atoms with Crippen molar-refractivity contribution in [2.75, 3.05) is 5.43 Å². The zero-order chi connectivity index (χ0) is 17.8. The lowest BCUT2D eigenvalue weighted by Crippen LogP contribution is -2.25. The monoisotopic (exact) mass is 346 g/mol. The summed E-state index contributed by atoms with van der Waals surface area (Å²) in [7, 11) is 0. The molecule has 0 aliphatic rings. The van der Waals surface area contributed by atoms with Crippen LogP contribution in [0.5, 0.6) is 0 Å². The smallest absolute Gasteiger partial charge is 0.266 e. The molecule has 0 aliphatic carbocycles. The third kappa shape index (κ3) is 2.96. The first-order valence-corrected chi connectivity index (χ1v) is 7.38. The maximum Gasteiger partial charge on any atom is 0.290 e. The number of aromatic nitrogens is 9. The SMILES string of the molecule is O=C(Nn1c(-c2cnccn2)nnc1-c1cnccn1)c1cnccn1. The molecule has 1 N–H and O–H groups in total. The van der Waals surface area contributed by atoms with E-state index in [0.29, 0.717) is 11.4 Å². The van der Waals surface area contributed by atoms with Crippen LogP contribution in [0.1, 0.15) is 10.5 Å². The first-order chi connectivity index (χ1) is 12.8. The van der Waals surface area contributed by atoms with Gasteiger partial charge in [-0.25, -0.2) is 19.6 Å². The highest BCUT2D eigenvalue weighted by Gasteiger charge is 2.20. The van der Waals surface area contributed by atoms with Crippen molar-refractivity contribution >= 4 is 5.91 Å². The van der Waals surface area contributed by atoms with E-state index < -0.39 is 5.91 Å². The summed E-state index contributed by atoms with van der Waals surface area (Å²) in [5.41, 5.74) is 3.67. The van der Waals surface area contributed by atoms with Gasteiger partial charge >= 0.3 is 0 Å². The number of hydrogen-bond donors (Lipinski definition) is 1. The zero-order valence-electron chi connectivity index (χ0n) is 13.1. The molecule has 4 heterocycles. The van der Waals surface area contributed by atoms with E-state index in [1.54, 1.807) is 0 Å². The summed E-state index contributed by atoms with van der Waals surface area (Å²) >= 11 is 0. The minimum atomic E-state index is -0.492. The molecule has 0 saturated heterocycles. The third-order valence-electron chi connectivity index (χ3n) is 3.26. The summed E-state index contributed by atoms with van der Waals surface area (Å²) in [5.74, 6) is 0.0835. The van der Waals surface area contributed by atoms with Crippen LogP contribution in [0.4, 0.5) is 0 Å². The number of carbonyl (C=O) groups excluding carboxylic acids is 1. The molecular weight excluding hydrogens is 336 g/mol. The van der Waals surface area contributed by atoms with Gasteiger partial charge in [0.05, 0.1) is 18.6 Å². The van der Waals surface area contributed by atoms with Crippen molar-refractivity contribution in [3.8, 4) is 23.0 Å². The lowest BCUT2D eigenvalue weighted by atomic mass is 10.4. The van der Waals surface area contributed by atoms with Crippen LogP contribution in [0.15, 0.2) is 55.8 Å². The third-order valence-corrected chi connectivity index (χ3v) is 3.26. The molecule has 0 saturated carbocycles. The molecule has 11 heteroatoms. The van der Waals surface area contributed by atoms with Crippen LogP contribution in [0.2, 0.25) is 0 Å². The fraction of sp³-hybridized carbons (Fsp3) is 0. The molecule has 0 aliphatic heterocycles. The topological polar surface area (TPSA) is 137 Å². The summed E-state index contributed by atoms with van der Waals surface area (Å²) in [5, 5.41) is 8.20. The van der Waals surface area contributed by atoms with Crippen molar-refractivity contribution in [1.29, 1.82) is 0 Å². The summed E-state index contributed by atoms with van der Waals surface area (Å²) in [6, 6.07) is 0. The Morgan fingerprint density at radius 3 is 1.73 bits per heavy atom. The average Bonchev–Trinajstić information content (AvgIpc) is 3.13. The standard InChI is InChI=1S/C15H10N10O/c26-15(12-9-18-3-6-21-12)24-25-13(10-7-16-1-4-19-10)22-23-14(25)11-8-17-2-5-20-11/h1-9H,(H,24,26). The Labute approximate surface area is 146 Å². The van der Waals surface area contributed by atoms with Gasteiger partial charge in [-0.15, -0.1) is 10.2 Å². The Morgan fingerprint density at radius 2 is 1.27 bits per heavy atom. The molecule has 0 unspecified atom stereocenters. The molecule has 4 rings (SSSR count). The van der Waals surface area contributed by atoms with Gasteiger partial charge in [-0.3, -0.25) is 25.2 Å². The van der Waals surface area contributed by atoms with E-state index in [1.807, 2.05) is 0 Å². The van der Waals surface area contributed by atoms with Crippen LogP contribution >= 0.6 is 0 Å². The number of nitrogens with zero attached hydrogens (tertiary/aromatic N) is 9. The Bertz CT molecular complexity index is 963. The molecule has 126 valence electrons. The quantitative estimate of drug-likeness (QED) is 0.555. The molecular formula is C15H10N10O. The minimum Gasteiger partial charge on any atom is -0.266 e. The van der Waals surface area contributed by atoms with Crippen molar-refractivity contribution in [1.82, 2.24) is 44.8 Å². The van der Waals surface area contributed by atoms with Crippen molar-refractivity contribution in [3.05, 3.63) is 61.5 Å². The number of rotatable bonds is 4. The van der Waals surface area contributed by atoms with Gasteiger partial charge in [0.2, 0.25) is 11.6 Å². The summed E-state index contributed by atoms with van der Waals surface area (Å²) < 4.78 is 1.37. The van der Waals surface area contributed by atoms with Crippen LogP contribution in [0.25, 0.3) is 23.0 Å². The molecule has 0 radical (unpaired) electrons. The zero-order valence-corrected chi connectivity index (χ0v) is 13.1. The Hall–Kier alpha value is -4.15. The van der Waals surface area contributed by atoms with Gasteiger partial charge in [-0.2, -0.15) is 0 Å². The van der Waals surface area contributed by atoms with E-state index in [2.05, 4.69) is 45.5 Å². The molecule has 0 bridgehead atoms. The van der Waals surface area contributed by atoms with Gasteiger partial charge in [-0.1, -0.05) is 0 Å². The molecule has 0 fully saturated rings. The van der Waals surface area contributed by atoms with Gasteiger partial charge in [0, 0.05) is 37.2 Å². The molecule has 0 atom stereocenters. The normalized spacial score (nSPS) is 10.5. The Balaban J connectivity index is 1.80. The summed E-state index contributed by atoms with van der Waals surface area (Å²) in [6.45, 7) is 0. The Kier molecular flexibility index (Phi) is 4.00. The number of carbonyl (C=O) groups is 1. The highest BCUT2D eigenvalue weighted by molar-refractivity contribution is 5.98. The van der Waals surface area contributed by atoms with Crippen molar-refractivity contribution < 1.29 is 4.79 Å². The fourth-order valence-corrected chi connectivity index (χ4v) is 2.13. The molecule has 1 amide bonds. The lowest BCUT2D eigenvalue weighted by Gasteiger charge is -2.10. The maximum atomic E-state index is 12.5. The highest BCUT2D eigenvalue weighted by Crippen LogP contribution is 2.19. The summed E-state index contributed by atoms with van der Waals surface area (Å²) in [4.78, 5) is 36.8. The second kappa shape index (κ2) is 6.76. The first kappa shape index (κ1) is 15.4. The van der Waals surface area contributed by atoms with Crippen LogP contribution < -0.4 is 5.43 Å². The molecule has 4 aromatic heterocycles. The van der Waals surface area contributed by atoms with Gasteiger partial charge in [0.1, 0.15) is 17.1 Å². The van der Waals surface area contributed by atoms with E-state index in [1.165, 1.54) is 60.4 Å². The van der Waals surface area contributed by atoms with E-state index in [-0.39, 0.29) is 17.3 Å². The molecule has 0 aromatic carbocycles. The van der Waals surface area contributed by atoms with E-state index in [4.69, 9.17) is 0 Å². The predicted octanol–water partition coefficient (Wildman–Crippen LogP) is 0.366. The second-order valence-electron chi connectivity index (χ2n) is 4.90. The second-order valence-corrected chi connectivity index (χ2v) is 4.90. The Morgan fingerprint density at radius 1 is 0.731 bits per heavy atom. The largest absolute Gasteiger partial charge is 0.290 e. The van der Waals surface area contributed by atoms with Crippen LogP contribution in [-0.4, -0.2) is 50.7 Å². The highest BCUT2D eigenvalue weighted by atomic mass is 16.2. The van der Waals surface area contributed by atoms with Gasteiger partial charge in [0.25, 0.3) is 5.91 Å². The van der Waals surface area contributed by atoms with Crippen LogP contribution in [-0.2, 0) is 0 Å². The fourth-order valence-electron chi connectivity index (χ4n) is 2.13. The maximum absolute atomic E-state index is 12.5. The van der Waals surface area contributed by atoms with Crippen molar-refractivity contribution in [3.63, 3.8) is 0 Å². The van der Waals surface area contributed by atoms with E-state index >= 15 is 0 Å². The van der Waals surface area contributed by atoms with Crippen LogP contribution in [0, 0.1) is 0 Å². The van der Waals surface area contributed by atoms with Crippen molar-refractivity contribution in [2.45, 2.75) is 0 Å². The molecule has 11 nitrogen and oxygen atoms in total. The van der Waals surface area contributed by atoms with E-state index in [0.717, 1.165) is 0 Å². The predicted molar refractivity (Wildman–Crippen MR) is 87.8 cm³/mol. The molecule has 0 spiro atoms. The minimum absolute atomic E-state index is 0.136. The van der Waals surface area contributed by atoms with Crippen molar-refractivity contribution in [2.24, 2.45) is 0 Å². The molecule has 26 heavy (non-hydrogen) atoms. The first-order valence-electron chi connectivity index (χ1n) is 7.38. The number of nitrogens with one attached hydrogen (secondary N) is 1. The number of amides is 1.